The number of allylic oxidation sites excluding steroid dienone is 2. The van der Waals surface area contributed by atoms with Crippen molar-refractivity contribution in [2.75, 3.05) is 92.6 Å². The number of nitriles is 2. The molecular weight excluding hydrogens is 946 g/mol. The highest BCUT2D eigenvalue weighted by atomic mass is 35.5. The number of anilines is 7. The minimum absolute atomic E-state index is 0.00364. The van der Waals surface area contributed by atoms with Crippen molar-refractivity contribution in [3.8, 4) is 12.1 Å². The fourth-order valence-corrected chi connectivity index (χ4v) is 8.89. The number of thiazole rings is 2. The predicted octanol–water partition coefficient (Wildman–Crippen LogP) is 7.72. The van der Waals surface area contributed by atoms with Gasteiger partial charge in [-0.2, -0.15) is 10.5 Å². The van der Waals surface area contributed by atoms with E-state index in [-0.39, 0.29) is 5.78 Å². The average Bonchev–Trinajstić information content (AvgIpc) is 4.00. The second kappa shape index (κ2) is 24.9. The third-order valence-electron chi connectivity index (χ3n) is 9.73. The normalized spacial score (nSPS) is 13.7. The molecule has 22 heteroatoms. The highest BCUT2D eigenvalue weighted by molar-refractivity contribution is 7.99. The second-order valence-electron chi connectivity index (χ2n) is 14.7. The first-order valence-electron chi connectivity index (χ1n) is 20.6. The maximum Gasteiger partial charge on any atom is 0.244 e. The number of ketones is 1. The Morgan fingerprint density at radius 1 is 0.716 bits per heavy atom. The largest absolute Gasteiger partial charge is 0.399 e. The third kappa shape index (κ3) is 15.9. The lowest BCUT2D eigenvalue weighted by Crippen LogP contribution is -2.44. The third-order valence-corrected chi connectivity index (χ3v) is 13.3. The van der Waals surface area contributed by atoms with Crippen LogP contribution in [0.4, 0.5) is 39.2 Å². The zero-order valence-electron chi connectivity index (χ0n) is 36.6. The lowest BCUT2D eigenvalue weighted by atomic mass is 10.1. The molecule has 4 aromatic heterocycles. The number of carbonyl (C=O) groups excluding carboxylic acids is 2. The molecule has 2 aliphatic heterocycles. The van der Waals surface area contributed by atoms with E-state index in [1.165, 1.54) is 52.3 Å². The van der Waals surface area contributed by atoms with E-state index in [1.54, 1.807) is 12.4 Å². The summed E-state index contributed by atoms with van der Waals surface area (Å²) in [5.41, 5.74) is 7.45. The molecule has 0 saturated carbocycles. The van der Waals surface area contributed by atoms with E-state index in [0.29, 0.717) is 48.4 Å². The van der Waals surface area contributed by atoms with Gasteiger partial charge in [-0.3, -0.25) is 9.59 Å². The summed E-state index contributed by atoms with van der Waals surface area (Å²) in [6.45, 7) is 14.1. The fourth-order valence-electron chi connectivity index (χ4n) is 6.12. The summed E-state index contributed by atoms with van der Waals surface area (Å²) in [4.78, 5) is 60.7. The number of aromatic nitrogens is 6. The molecule has 0 radical (unpaired) electrons. The number of nitrogens with one attached hydrogen (secondary N) is 2. The Labute approximate surface area is 410 Å². The van der Waals surface area contributed by atoms with E-state index in [2.05, 4.69) is 89.6 Å². The first kappa shape index (κ1) is 50.0. The van der Waals surface area contributed by atoms with Gasteiger partial charge in [-0.1, -0.05) is 48.0 Å². The van der Waals surface area contributed by atoms with Crippen LogP contribution in [-0.2, 0) is 16.0 Å². The minimum atomic E-state index is -0.509. The molecule has 8 rings (SSSR count). The van der Waals surface area contributed by atoms with E-state index in [4.69, 9.17) is 37.8 Å². The van der Waals surface area contributed by atoms with Crippen molar-refractivity contribution in [2.45, 2.75) is 26.5 Å². The molecule has 2 fully saturated rings. The Bertz CT molecular complexity index is 2720. The van der Waals surface area contributed by atoms with E-state index in [9.17, 15) is 9.59 Å². The SMILES string of the molecule is C=CC(=O)Cc1ccc(Sc2nc(Nc3ncc(C#N)s3)cc(N3CCN(C)CC3)n2)cc1.C=CC(=O)Cl.CN1CCN(c2cc(Nc3ncc(C#N)s3)nc(Sc3ccc(N)cc3)n2)CC1. The van der Waals surface area contributed by atoms with E-state index in [0.717, 1.165) is 91.1 Å². The Hall–Kier alpha value is -6.43. The maximum absolute atomic E-state index is 11.6. The van der Waals surface area contributed by atoms with Crippen molar-refractivity contribution < 1.29 is 9.59 Å². The summed E-state index contributed by atoms with van der Waals surface area (Å²) in [6, 6.07) is 23.5. The van der Waals surface area contributed by atoms with E-state index >= 15 is 0 Å². The van der Waals surface area contributed by atoms with E-state index < -0.39 is 5.24 Å². The summed E-state index contributed by atoms with van der Waals surface area (Å²) in [6.07, 6.45) is 5.83. The molecule has 2 saturated heterocycles. The van der Waals surface area contributed by atoms with Gasteiger partial charge in [-0.05, 0) is 103 Å². The summed E-state index contributed by atoms with van der Waals surface area (Å²) in [7, 11) is 4.25. The number of nitrogens with zero attached hydrogens (tertiary/aromatic N) is 12. The van der Waals surface area contributed by atoms with E-state index in [1.807, 2.05) is 60.7 Å². The van der Waals surface area contributed by atoms with Gasteiger partial charge in [0.05, 0.1) is 12.4 Å². The van der Waals surface area contributed by atoms with Crippen molar-refractivity contribution in [2.24, 2.45) is 0 Å². The molecular formula is C45H46ClN15O2S4. The highest BCUT2D eigenvalue weighted by Gasteiger charge is 2.20. The number of piperazine rings is 2. The van der Waals surface area contributed by atoms with Crippen LogP contribution in [0.1, 0.15) is 15.3 Å². The molecule has 17 nitrogen and oxygen atoms in total. The smallest absolute Gasteiger partial charge is 0.244 e. The molecule has 0 aliphatic carbocycles. The molecule has 6 aromatic rings. The van der Waals surface area contributed by atoms with Gasteiger partial charge < -0.3 is 36.0 Å². The van der Waals surface area contributed by atoms with Gasteiger partial charge in [0, 0.05) is 86.4 Å². The molecule has 67 heavy (non-hydrogen) atoms. The molecule has 0 atom stereocenters. The number of likely N-dealkylation sites (N-methyl/N-ethyl adjacent to an activating group) is 2. The average molecular weight is 993 g/mol. The van der Waals surface area contributed by atoms with Crippen LogP contribution in [0.2, 0.25) is 0 Å². The molecule has 0 spiro atoms. The Morgan fingerprint density at radius 2 is 1.13 bits per heavy atom. The van der Waals surface area contributed by atoms with Crippen molar-refractivity contribution in [1.82, 2.24) is 39.7 Å². The van der Waals surface area contributed by atoms with Gasteiger partial charge in [0.15, 0.2) is 26.4 Å². The van der Waals surface area contributed by atoms with Crippen LogP contribution in [0.25, 0.3) is 0 Å². The first-order valence-corrected chi connectivity index (χ1v) is 24.2. The van der Waals surface area contributed by atoms with Gasteiger partial charge in [0.2, 0.25) is 5.24 Å². The van der Waals surface area contributed by atoms with Crippen LogP contribution in [0.5, 0.6) is 0 Å². The number of nitrogen functional groups attached to an aromatic ring is 1. The first-order chi connectivity index (χ1) is 32.4. The van der Waals surface area contributed by atoms with Crippen LogP contribution >= 0.6 is 57.8 Å². The molecule has 0 unspecified atom stereocenters. The van der Waals surface area contributed by atoms with Gasteiger partial charge in [-0.15, -0.1) is 0 Å². The summed E-state index contributed by atoms with van der Waals surface area (Å²) < 4.78 is 0. The molecule has 4 N–H and O–H groups in total. The van der Waals surface area contributed by atoms with Crippen LogP contribution < -0.4 is 26.2 Å². The molecule has 2 aromatic carbocycles. The molecule has 0 amide bonds. The second-order valence-corrected chi connectivity index (χ2v) is 19.2. The van der Waals surface area contributed by atoms with Crippen molar-refractivity contribution in [3.63, 3.8) is 0 Å². The predicted molar refractivity (Wildman–Crippen MR) is 269 cm³/mol. The van der Waals surface area contributed by atoms with Crippen LogP contribution in [0, 0.1) is 22.7 Å². The highest BCUT2D eigenvalue weighted by Crippen LogP contribution is 2.32. The quantitative estimate of drug-likeness (QED) is 0.0411. The van der Waals surface area contributed by atoms with Gasteiger partial charge in [-0.25, -0.2) is 29.9 Å². The van der Waals surface area contributed by atoms with Crippen LogP contribution in [-0.4, -0.2) is 117 Å². The standard InChI is InChI=1S/C23H23N7OS2.C19H20N8S2.C3H3ClO/c1-3-17(31)12-16-4-6-18(7-5-16)32-23-27-20(26-22-25-15-19(14-24)33-22)13-21(28-23)30-10-8-29(2)9-11-30;1-26-6-8-27(9-7-26)17-10-16(23-18-22-12-15(11-20)29-18)24-19(25-17)28-14-4-2-13(21)3-5-14;1-2-3(4)5/h3-7,13,15H,1,8-12H2,2H3,(H,25,26,27,28);2-5,10,12H,6-9,21H2,1H3,(H,22,23,24,25);2H,1H2. The van der Waals surface area contributed by atoms with Crippen LogP contribution in [0.15, 0.2) is 118 Å². The lowest BCUT2D eigenvalue weighted by Gasteiger charge is -2.33. The van der Waals surface area contributed by atoms with Crippen molar-refractivity contribution in [1.29, 1.82) is 10.5 Å². The van der Waals surface area contributed by atoms with Gasteiger partial charge in [0.1, 0.15) is 45.2 Å². The number of carbonyl (C=O) groups is 2. The number of hydrogen-bond acceptors (Lipinski definition) is 21. The number of benzene rings is 2. The van der Waals surface area contributed by atoms with Crippen molar-refractivity contribution in [3.05, 3.63) is 114 Å². The Morgan fingerprint density at radius 3 is 1.51 bits per heavy atom. The maximum atomic E-state index is 11.6. The topological polar surface area (TPSA) is 222 Å². The molecule has 0 bridgehead atoms. The number of nitrogens with two attached hydrogens (primary N) is 1. The number of rotatable bonds is 14. The zero-order valence-corrected chi connectivity index (χ0v) is 40.7. The lowest BCUT2D eigenvalue weighted by molar-refractivity contribution is -0.114. The minimum Gasteiger partial charge on any atom is -0.399 e. The fraction of sp³-hybridized carbons (Fsp3) is 0.244. The Kier molecular flexibility index (Phi) is 18.6. The van der Waals surface area contributed by atoms with Gasteiger partial charge in [0.25, 0.3) is 0 Å². The number of hydrogen-bond donors (Lipinski definition) is 3. The van der Waals surface area contributed by atoms with Crippen LogP contribution in [0.3, 0.4) is 0 Å². The summed E-state index contributed by atoms with van der Waals surface area (Å²) in [5, 5.41) is 26.5. The summed E-state index contributed by atoms with van der Waals surface area (Å²) >= 11 is 10.2. The molecule has 344 valence electrons. The monoisotopic (exact) mass is 991 g/mol. The van der Waals surface area contributed by atoms with Crippen molar-refractivity contribution >= 4 is 108 Å². The molecule has 6 heterocycles. The van der Waals surface area contributed by atoms with Gasteiger partial charge >= 0.3 is 0 Å². The Balaban J connectivity index is 0.000000202. The zero-order chi connectivity index (χ0) is 47.7. The number of halogens is 1. The summed E-state index contributed by atoms with van der Waals surface area (Å²) in [5.74, 6) is 3.02. The molecule has 2 aliphatic rings.